The molecular weight excluding hydrogens is 308 g/mol. The highest BCUT2D eigenvalue weighted by atomic mass is 28.4. The third kappa shape index (κ3) is 5.02. The molecule has 5 heteroatoms. The molecule has 0 bridgehead atoms. The molecule has 1 saturated heterocycles. The normalized spacial score (nSPS) is 29.3. The van der Waals surface area contributed by atoms with Crippen molar-refractivity contribution in [3.63, 3.8) is 0 Å². The molecule has 0 saturated carbocycles. The minimum Gasteiger partial charge on any atom is -0.414 e. The average Bonchev–Trinajstić information content (AvgIpc) is 2.69. The minimum atomic E-state index is -1.84. The van der Waals surface area contributed by atoms with Gasteiger partial charge in [0.2, 0.25) is 0 Å². The topological polar surface area (TPSA) is 47.9 Å². The molecule has 138 valence electrons. The van der Waals surface area contributed by atoms with Crippen LogP contribution in [0, 0.1) is 5.92 Å². The molecule has 0 aromatic carbocycles. The molecule has 1 heterocycles. The zero-order valence-corrected chi connectivity index (χ0v) is 17.8. The SMILES string of the molecule is CC[C@](C)(O)[C@H](C)[C@H]1OC(C)(C)O[C@H]1CO[Si](C)(C)C(C)(C)C. The molecule has 1 fully saturated rings. The van der Waals surface area contributed by atoms with Crippen molar-refractivity contribution in [2.45, 2.75) is 104 Å². The van der Waals surface area contributed by atoms with Crippen molar-refractivity contribution < 1.29 is 19.0 Å². The predicted octanol–water partition coefficient (Wildman–Crippen LogP) is 4.33. The van der Waals surface area contributed by atoms with Crippen LogP contribution in [0.3, 0.4) is 0 Å². The third-order valence-corrected chi connectivity index (χ3v) is 10.3. The Balaban J connectivity index is 2.86. The van der Waals surface area contributed by atoms with Gasteiger partial charge in [0.05, 0.1) is 18.3 Å². The molecule has 0 radical (unpaired) electrons. The van der Waals surface area contributed by atoms with Crippen LogP contribution < -0.4 is 0 Å². The molecule has 0 amide bonds. The van der Waals surface area contributed by atoms with Gasteiger partial charge in [-0.15, -0.1) is 0 Å². The average molecular weight is 347 g/mol. The summed E-state index contributed by atoms with van der Waals surface area (Å²) in [6.07, 6.45) is 0.376. The van der Waals surface area contributed by atoms with Gasteiger partial charge in [-0.05, 0) is 45.3 Å². The summed E-state index contributed by atoms with van der Waals surface area (Å²) >= 11 is 0. The van der Waals surface area contributed by atoms with E-state index in [2.05, 4.69) is 33.9 Å². The molecule has 1 N–H and O–H groups in total. The van der Waals surface area contributed by atoms with E-state index >= 15 is 0 Å². The first kappa shape index (κ1) is 21.1. The molecule has 0 aliphatic carbocycles. The molecule has 0 spiro atoms. The predicted molar refractivity (Wildman–Crippen MR) is 97.1 cm³/mol. The molecule has 1 aliphatic rings. The Bertz CT molecular complexity index is 398. The highest BCUT2D eigenvalue weighted by Crippen LogP contribution is 2.40. The summed E-state index contributed by atoms with van der Waals surface area (Å²) < 4.78 is 18.6. The van der Waals surface area contributed by atoms with Gasteiger partial charge in [0.25, 0.3) is 0 Å². The van der Waals surface area contributed by atoms with Gasteiger partial charge in [-0.2, -0.15) is 0 Å². The van der Waals surface area contributed by atoms with Gasteiger partial charge in [0.15, 0.2) is 14.1 Å². The van der Waals surface area contributed by atoms with E-state index < -0.39 is 19.7 Å². The molecule has 1 rings (SSSR count). The Labute approximate surface area is 144 Å². The fraction of sp³-hybridized carbons (Fsp3) is 1.00. The summed E-state index contributed by atoms with van der Waals surface area (Å²) in [6, 6.07) is 0. The largest absolute Gasteiger partial charge is 0.414 e. The van der Waals surface area contributed by atoms with Crippen molar-refractivity contribution in [2.75, 3.05) is 6.61 Å². The summed E-state index contributed by atoms with van der Waals surface area (Å²) in [4.78, 5) is 0. The standard InChI is InChI=1S/C18H38O4Si/c1-11-18(8,19)13(2)15-14(21-17(6,7)22-15)12-20-23(9,10)16(3,4)5/h13-15,19H,11-12H2,1-10H3/t13-,14+,15-,18+/m1/s1. The number of hydrogen-bond donors (Lipinski definition) is 1. The van der Waals surface area contributed by atoms with E-state index in [1.54, 1.807) is 0 Å². The van der Waals surface area contributed by atoms with E-state index in [1.807, 2.05) is 34.6 Å². The second kappa shape index (κ2) is 6.75. The first-order valence-corrected chi connectivity index (χ1v) is 11.8. The lowest BCUT2D eigenvalue weighted by atomic mass is 9.82. The van der Waals surface area contributed by atoms with Crippen LogP contribution in [0.5, 0.6) is 0 Å². The van der Waals surface area contributed by atoms with Gasteiger partial charge in [0, 0.05) is 5.92 Å². The zero-order chi connectivity index (χ0) is 18.3. The summed E-state index contributed by atoms with van der Waals surface area (Å²) in [7, 11) is -1.84. The van der Waals surface area contributed by atoms with Crippen molar-refractivity contribution in [1.29, 1.82) is 0 Å². The minimum absolute atomic E-state index is 0.0257. The molecular formula is C18H38O4Si. The number of ether oxygens (including phenoxy) is 2. The summed E-state index contributed by atoms with van der Waals surface area (Å²) in [5.41, 5.74) is -0.774. The summed E-state index contributed by atoms with van der Waals surface area (Å²) in [5, 5.41) is 10.8. The maximum absolute atomic E-state index is 10.6. The lowest BCUT2D eigenvalue weighted by Crippen LogP contribution is -2.48. The van der Waals surface area contributed by atoms with E-state index in [-0.39, 0.29) is 23.2 Å². The van der Waals surface area contributed by atoms with Crippen molar-refractivity contribution >= 4 is 8.32 Å². The second-order valence-corrected chi connectivity index (χ2v) is 14.0. The van der Waals surface area contributed by atoms with Crippen molar-refractivity contribution in [3.8, 4) is 0 Å². The molecule has 0 unspecified atom stereocenters. The molecule has 4 atom stereocenters. The molecule has 23 heavy (non-hydrogen) atoms. The lowest BCUT2D eigenvalue weighted by Gasteiger charge is -2.38. The molecule has 0 aromatic heterocycles. The lowest BCUT2D eigenvalue weighted by molar-refractivity contribution is -0.160. The van der Waals surface area contributed by atoms with Crippen molar-refractivity contribution in [2.24, 2.45) is 5.92 Å². The van der Waals surface area contributed by atoms with Crippen molar-refractivity contribution in [3.05, 3.63) is 0 Å². The van der Waals surface area contributed by atoms with E-state index in [0.29, 0.717) is 13.0 Å². The maximum atomic E-state index is 10.6. The van der Waals surface area contributed by atoms with Crippen LogP contribution in [0.1, 0.15) is 61.8 Å². The Morgan fingerprint density at radius 1 is 1.17 bits per heavy atom. The van der Waals surface area contributed by atoms with Crippen LogP contribution in [0.25, 0.3) is 0 Å². The summed E-state index contributed by atoms with van der Waals surface area (Å²) in [6.45, 7) is 21.5. The van der Waals surface area contributed by atoms with Crippen LogP contribution in [0.4, 0.5) is 0 Å². The highest BCUT2D eigenvalue weighted by molar-refractivity contribution is 6.74. The summed E-state index contributed by atoms with van der Waals surface area (Å²) in [5.74, 6) is -0.660. The quantitative estimate of drug-likeness (QED) is 0.727. The van der Waals surface area contributed by atoms with E-state index in [9.17, 15) is 5.11 Å². The van der Waals surface area contributed by atoms with Crippen LogP contribution in [-0.2, 0) is 13.9 Å². The Kier molecular flexibility index (Phi) is 6.19. The Morgan fingerprint density at radius 2 is 1.70 bits per heavy atom. The Hall–Kier alpha value is 0.0569. The van der Waals surface area contributed by atoms with Crippen molar-refractivity contribution in [1.82, 2.24) is 0 Å². The van der Waals surface area contributed by atoms with E-state index in [0.717, 1.165) is 0 Å². The third-order valence-electron chi connectivity index (χ3n) is 5.83. The molecule has 4 nitrogen and oxygen atoms in total. The molecule has 0 aromatic rings. The van der Waals surface area contributed by atoms with E-state index in [1.165, 1.54) is 0 Å². The van der Waals surface area contributed by atoms with Crippen LogP contribution in [0.15, 0.2) is 0 Å². The second-order valence-electron chi connectivity index (χ2n) is 9.21. The molecule has 1 aliphatic heterocycles. The van der Waals surface area contributed by atoms with Gasteiger partial charge in [0.1, 0.15) is 6.10 Å². The number of hydrogen-bond acceptors (Lipinski definition) is 4. The number of aliphatic hydroxyl groups is 1. The first-order chi connectivity index (χ1) is 10.1. The highest BCUT2D eigenvalue weighted by Gasteiger charge is 2.49. The van der Waals surface area contributed by atoms with Crippen LogP contribution in [0.2, 0.25) is 18.1 Å². The van der Waals surface area contributed by atoms with Crippen LogP contribution >= 0.6 is 0 Å². The van der Waals surface area contributed by atoms with Gasteiger partial charge < -0.3 is 19.0 Å². The smallest absolute Gasteiger partial charge is 0.192 e. The van der Waals surface area contributed by atoms with Gasteiger partial charge in [-0.25, -0.2) is 0 Å². The first-order valence-electron chi connectivity index (χ1n) is 8.85. The fourth-order valence-electron chi connectivity index (χ4n) is 2.60. The maximum Gasteiger partial charge on any atom is 0.192 e. The van der Waals surface area contributed by atoms with Crippen LogP contribution in [-0.4, -0.2) is 43.6 Å². The van der Waals surface area contributed by atoms with Gasteiger partial charge >= 0.3 is 0 Å². The van der Waals surface area contributed by atoms with E-state index in [4.69, 9.17) is 13.9 Å². The van der Waals surface area contributed by atoms with Gasteiger partial charge in [-0.1, -0.05) is 34.6 Å². The fourth-order valence-corrected chi connectivity index (χ4v) is 3.61. The van der Waals surface area contributed by atoms with Gasteiger partial charge in [-0.3, -0.25) is 0 Å². The Morgan fingerprint density at radius 3 is 2.13 bits per heavy atom. The zero-order valence-electron chi connectivity index (χ0n) is 16.8. The monoisotopic (exact) mass is 346 g/mol. The number of rotatable bonds is 6.